The molecule has 0 saturated heterocycles. The molecule has 0 saturated carbocycles. The number of rotatable bonds is 7. The Labute approximate surface area is 190 Å². The summed E-state index contributed by atoms with van der Waals surface area (Å²) in [5.41, 5.74) is 7.76. The highest BCUT2D eigenvalue weighted by Crippen LogP contribution is 2.45. The number of nitriles is 1. The summed E-state index contributed by atoms with van der Waals surface area (Å²) in [7, 11) is 1.53. The van der Waals surface area contributed by atoms with E-state index >= 15 is 0 Å². The topological polar surface area (TPSA) is 117 Å². The first kappa shape index (κ1) is 21.6. The molecule has 8 nitrogen and oxygen atoms in total. The first-order valence-electron chi connectivity index (χ1n) is 9.94. The maximum Gasteiger partial charge on any atom is 0.379 e. The van der Waals surface area contributed by atoms with Gasteiger partial charge in [-0.2, -0.15) is 5.26 Å². The minimum absolute atomic E-state index is 0.0320. The number of carbonyl (C=O) groups excluding carboxylic acids is 1. The van der Waals surface area contributed by atoms with Gasteiger partial charge in [0.15, 0.2) is 11.5 Å². The zero-order valence-corrected chi connectivity index (χ0v) is 17.7. The van der Waals surface area contributed by atoms with E-state index in [0.29, 0.717) is 29.4 Å². The van der Waals surface area contributed by atoms with Crippen LogP contribution >= 0.6 is 0 Å². The van der Waals surface area contributed by atoms with Gasteiger partial charge in [0, 0.05) is 11.6 Å². The summed E-state index contributed by atoms with van der Waals surface area (Å²) in [5, 5.41) is 9.78. The van der Waals surface area contributed by atoms with E-state index in [1.165, 1.54) is 19.4 Å². The molecule has 1 aliphatic heterocycles. The number of hydrogen-bond acceptors (Lipinski definition) is 8. The Balaban J connectivity index is 1.71. The molecule has 8 heteroatoms. The van der Waals surface area contributed by atoms with Crippen molar-refractivity contribution in [2.45, 2.75) is 5.92 Å². The van der Waals surface area contributed by atoms with Crippen LogP contribution in [0.4, 0.5) is 0 Å². The number of furan rings is 1. The number of nitrogens with two attached hydrogens (primary N) is 1. The number of esters is 1. The standard InChI is InChI=1S/C25H20N2O6/c1-3-10-30-19-9-6-15(12-22(19)29-2)23-17-8-7-16(32-25(28)20-5-4-11-31-20)13-21(17)33-24(27)18(23)14-26/h3-9,11-13,23H,1,10,27H2,2H3. The number of nitrogens with zero attached hydrogens (tertiary/aromatic N) is 1. The molecule has 33 heavy (non-hydrogen) atoms. The average Bonchev–Trinajstić information content (AvgIpc) is 3.37. The smallest absolute Gasteiger partial charge is 0.379 e. The summed E-state index contributed by atoms with van der Waals surface area (Å²) >= 11 is 0. The van der Waals surface area contributed by atoms with E-state index in [2.05, 4.69) is 12.6 Å². The van der Waals surface area contributed by atoms with Gasteiger partial charge < -0.3 is 29.1 Å². The predicted molar refractivity (Wildman–Crippen MR) is 118 cm³/mol. The maximum absolute atomic E-state index is 12.2. The lowest BCUT2D eigenvalue weighted by atomic mass is 9.83. The SMILES string of the molecule is C=CCOc1ccc(C2C(C#N)=C(N)Oc3cc(OC(=O)c4ccco4)ccc32)cc1OC. The number of hydrogen-bond donors (Lipinski definition) is 1. The van der Waals surface area contributed by atoms with E-state index in [1.807, 2.05) is 6.07 Å². The van der Waals surface area contributed by atoms with E-state index < -0.39 is 11.9 Å². The molecule has 166 valence electrons. The minimum atomic E-state index is -0.645. The molecule has 1 unspecified atom stereocenters. The van der Waals surface area contributed by atoms with E-state index in [9.17, 15) is 10.1 Å². The van der Waals surface area contributed by atoms with Gasteiger partial charge in [-0.3, -0.25) is 0 Å². The van der Waals surface area contributed by atoms with Crippen LogP contribution in [0.5, 0.6) is 23.0 Å². The molecule has 0 spiro atoms. The lowest BCUT2D eigenvalue weighted by Gasteiger charge is -2.27. The molecule has 0 bridgehead atoms. The van der Waals surface area contributed by atoms with Crippen LogP contribution in [0.2, 0.25) is 0 Å². The molecule has 0 aliphatic carbocycles. The number of allylic oxidation sites excluding steroid dienone is 1. The van der Waals surface area contributed by atoms with E-state index in [0.717, 1.165) is 5.56 Å². The Hall–Kier alpha value is -4.64. The quantitative estimate of drug-likeness (QED) is 0.326. The van der Waals surface area contributed by atoms with Crippen molar-refractivity contribution in [2.24, 2.45) is 5.73 Å². The highest BCUT2D eigenvalue weighted by atomic mass is 16.5. The molecule has 4 rings (SSSR count). The van der Waals surface area contributed by atoms with Gasteiger partial charge in [-0.15, -0.1) is 0 Å². The number of ether oxygens (including phenoxy) is 4. The molecule has 0 fully saturated rings. The van der Waals surface area contributed by atoms with Gasteiger partial charge in [0.2, 0.25) is 11.6 Å². The Morgan fingerprint density at radius 1 is 1.24 bits per heavy atom. The molecule has 2 aromatic carbocycles. The van der Waals surface area contributed by atoms with Crippen LogP contribution in [0.25, 0.3) is 0 Å². The summed E-state index contributed by atoms with van der Waals surface area (Å²) in [6.07, 6.45) is 3.02. The highest BCUT2D eigenvalue weighted by molar-refractivity contribution is 5.88. The maximum atomic E-state index is 12.2. The summed E-state index contributed by atoms with van der Waals surface area (Å²) in [6.45, 7) is 3.97. The van der Waals surface area contributed by atoms with Crippen molar-refractivity contribution < 1.29 is 28.2 Å². The van der Waals surface area contributed by atoms with Crippen molar-refractivity contribution in [1.29, 1.82) is 5.26 Å². The fourth-order valence-electron chi connectivity index (χ4n) is 3.53. The van der Waals surface area contributed by atoms with Crippen LogP contribution < -0.4 is 24.7 Å². The van der Waals surface area contributed by atoms with Gasteiger partial charge >= 0.3 is 5.97 Å². The summed E-state index contributed by atoms with van der Waals surface area (Å²) in [5.74, 6) is 0.537. The van der Waals surface area contributed by atoms with Gasteiger partial charge in [0.1, 0.15) is 29.7 Å². The summed E-state index contributed by atoms with van der Waals surface area (Å²) < 4.78 is 27.2. The number of methoxy groups -OCH3 is 1. The minimum Gasteiger partial charge on any atom is -0.493 e. The molecular formula is C25H20N2O6. The van der Waals surface area contributed by atoms with Crippen molar-refractivity contribution in [3.8, 4) is 29.1 Å². The largest absolute Gasteiger partial charge is 0.493 e. The molecule has 1 aliphatic rings. The predicted octanol–water partition coefficient (Wildman–Crippen LogP) is 4.29. The normalized spacial score (nSPS) is 14.5. The third kappa shape index (κ3) is 4.25. The van der Waals surface area contributed by atoms with Gasteiger partial charge in [-0.1, -0.05) is 24.8 Å². The molecule has 2 N–H and O–H groups in total. The van der Waals surface area contributed by atoms with Gasteiger partial charge in [-0.25, -0.2) is 4.79 Å². The van der Waals surface area contributed by atoms with Crippen LogP contribution in [0.15, 0.2) is 83.3 Å². The summed E-state index contributed by atoms with van der Waals surface area (Å²) in [6, 6.07) is 15.5. The summed E-state index contributed by atoms with van der Waals surface area (Å²) in [4.78, 5) is 12.2. The first-order valence-corrected chi connectivity index (χ1v) is 9.94. The Morgan fingerprint density at radius 3 is 2.79 bits per heavy atom. The van der Waals surface area contributed by atoms with E-state index in [-0.39, 0.29) is 23.0 Å². The average molecular weight is 444 g/mol. The van der Waals surface area contributed by atoms with E-state index in [4.69, 9.17) is 29.1 Å². The molecule has 3 aromatic rings. The van der Waals surface area contributed by atoms with Crippen LogP contribution in [-0.4, -0.2) is 19.7 Å². The van der Waals surface area contributed by atoms with Crippen LogP contribution in [-0.2, 0) is 0 Å². The lowest BCUT2D eigenvalue weighted by Crippen LogP contribution is -2.21. The molecule has 0 radical (unpaired) electrons. The lowest BCUT2D eigenvalue weighted by molar-refractivity contribution is 0.0701. The number of fused-ring (bicyclic) bond motifs is 1. The fourth-order valence-corrected chi connectivity index (χ4v) is 3.53. The zero-order valence-electron chi connectivity index (χ0n) is 17.7. The Kier molecular flexibility index (Phi) is 6.04. The van der Waals surface area contributed by atoms with Crippen molar-refractivity contribution in [3.63, 3.8) is 0 Å². The van der Waals surface area contributed by atoms with Gasteiger partial charge in [0.25, 0.3) is 0 Å². The molecule has 0 amide bonds. The zero-order chi connectivity index (χ0) is 23.4. The monoisotopic (exact) mass is 444 g/mol. The molecule has 2 heterocycles. The van der Waals surface area contributed by atoms with Crippen molar-refractivity contribution in [1.82, 2.24) is 0 Å². The second-order valence-electron chi connectivity index (χ2n) is 7.00. The third-order valence-corrected chi connectivity index (χ3v) is 5.00. The molecule has 1 aromatic heterocycles. The second-order valence-corrected chi connectivity index (χ2v) is 7.00. The Morgan fingerprint density at radius 2 is 2.09 bits per heavy atom. The first-order chi connectivity index (χ1) is 16.0. The van der Waals surface area contributed by atoms with Crippen molar-refractivity contribution >= 4 is 5.97 Å². The number of carbonyl (C=O) groups is 1. The third-order valence-electron chi connectivity index (χ3n) is 5.00. The van der Waals surface area contributed by atoms with Crippen LogP contribution in [0, 0.1) is 11.3 Å². The highest BCUT2D eigenvalue weighted by Gasteiger charge is 2.32. The van der Waals surface area contributed by atoms with Crippen molar-refractivity contribution in [3.05, 3.63) is 95.8 Å². The van der Waals surface area contributed by atoms with E-state index in [1.54, 1.807) is 42.5 Å². The van der Waals surface area contributed by atoms with Crippen molar-refractivity contribution in [2.75, 3.05) is 13.7 Å². The fraction of sp³-hybridized carbons (Fsp3) is 0.120. The molecule has 1 atom stereocenters. The molecular weight excluding hydrogens is 424 g/mol. The van der Waals surface area contributed by atoms with Crippen LogP contribution in [0.1, 0.15) is 27.6 Å². The van der Waals surface area contributed by atoms with Gasteiger partial charge in [-0.05, 0) is 35.9 Å². The second kappa shape index (κ2) is 9.24. The number of benzene rings is 2. The Bertz CT molecular complexity index is 1270. The van der Waals surface area contributed by atoms with Gasteiger partial charge in [0.05, 0.1) is 19.3 Å². The van der Waals surface area contributed by atoms with Crippen LogP contribution in [0.3, 0.4) is 0 Å².